The molecular weight excluding hydrogens is 318 g/mol. The van der Waals surface area contributed by atoms with Crippen molar-refractivity contribution in [3.05, 3.63) is 63.4 Å². The van der Waals surface area contributed by atoms with Crippen molar-refractivity contribution in [1.82, 2.24) is 0 Å². The van der Waals surface area contributed by atoms with Crippen LogP contribution >= 0.6 is 23.2 Å². The van der Waals surface area contributed by atoms with E-state index in [9.17, 15) is 14.0 Å². The molecule has 2 amide bonds. The fourth-order valence-corrected chi connectivity index (χ4v) is 2.13. The number of amides is 2. The van der Waals surface area contributed by atoms with Gasteiger partial charge in [-0.15, -0.1) is 0 Å². The van der Waals surface area contributed by atoms with E-state index in [4.69, 9.17) is 28.9 Å². The van der Waals surface area contributed by atoms with E-state index in [1.807, 2.05) is 0 Å². The molecule has 0 saturated carbocycles. The van der Waals surface area contributed by atoms with Gasteiger partial charge in [0.25, 0.3) is 5.91 Å². The van der Waals surface area contributed by atoms with Crippen LogP contribution in [-0.2, 0) is 0 Å². The van der Waals surface area contributed by atoms with Crippen molar-refractivity contribution in [2.75, 3.05) is 5.32 Å². The summed E-state index contributed by atoms with van der Waals surface area (Å²) in [5, 5.41) is 2.69. The van der Waals surface area contributed by atoms with Crippen LogP contribution in [0.15, 0.2) is 36.4 Å². The zero-order chi connectivity index (χ0) is 15.6. The number of nitrogens with two attached hydrogens (primary N) is 1. The van der Waals surface area contributed by atoms with Gasteiger partial charge in [0.2, 0.25) is 5.91 Å². The molecule has 2 aromatic carbocycles. The molecule has 0 atom stereocenters. The largest absolute Gasteiger partial charge is 0.366 e. The summed E-state index contributed by atoms with van der Waals surface area (Å²) < 4.78 is 12.9. The monoisotopic (exact) mass is 326 g/mol. The molecule has 21 heavy (non-hydrogen) atoms. The normalized spacial score (nSPS) is 10.2. The molecule has 0 aromatic heterocycles. The summed E-state index contributed by atoms with van der Waals surface area (Å²) in [6.45, 7) is 0. The molecule has 7 heteroatoms. The van der Waals surface area contributed by atoms with Gasteiger partial charge in [0.05, 0.1) is 21.2 Å². The minimum absolute atomic E-state index is 0.0170. The lowest BCUT2D eigenvalue weighted by Crippen LogP contribution is -2.15. The summed E-state index contributed by atoms with van der Waals surface area (Å²) >= 11 is 11.6. The van der Waals surface area contributed by atoms with Gasteiger partial charge in [-0.1, -0.05) is 23.2 Å². The van der Waals surface area contributed by atoms with E-state index in [0.29, 0.717) is 5.69 Å². The Hall–Kier alpha value is -2.11. The van der Waals surface area contributed by atoms with Crippen LogP contribution in [-0.4, -0.2) is 11.8 Å². The summed E-state index contributed by atoms with van der Waals surface area (Å²) in [7, 11) is 0. The fraction of sp³-hybridized carbons (Fsp3) is 0. The fourth-order valence-electron chi connectivity index (χ4n) is 1.66. The van der Waals surface area contributed by atoms with Crippen LogP contribution in [0.1, 0.15) is 20.7 Å². The zero-order valence-corrected chi connectivity index (χ0v) is 12.0. The van der Waals surface area contributed by atoms with Crippen molar-refractivity contribution in [3.8, 4) is 0 Å². The maximum atomic E-state index is 12.9. The highest BCUT2D eigenvalue weighted by atomic mass is 35.5. The highest BCUT2D eigenvalue weighted by Gasteiger charge is 2.13. The summed E-state index contributed by atoms with van der Waals surface area (Å²) in [6, 6.07) is 7.70. The van der Waals surface area contributed by atoms with Gasteiger partial charge < -0.3 is 11.1 Å². The minimum atomic E-state index is -0.712. The van der Waals surface area contributed by atoms with Crippen LogP contribution in [0.5, 0.6) is 0 Å². The first-order chi connectivity index (χ1) is 9.88. The molecule has 0 fully saturated rings. The number of carbonyl (C=O) groups excluding carboxylic acids is 2. The Bertz CT molecular complexity index is 735. The summed E-state index contributed by atoms with van der Waals surface area (Å²) in [6.07, 6.45) is 0. The maximum absolute atomic E-state index is 12.9. The standard InChI is InChI=1S/C14H9Cl2FN2O2/c15-11-4-2-8(6-10(11)13(18)20)19-14(21)9-3-1-7(17)5-12(9)16/h1-6H,(H2,18,20)(H,19,21). The van der Waals surface area contributed by atoms with Crippen molar-refractivity contribution < 1.29 is 14.0 Å². The molecule has 0 heterocycles. The Labute approximate surface area is 129 Å². The Morgan fingerprint density at radius 1 is 1.00 bits per heavy atom. The van der Waals surface area contributed by atoms with Crippen LogP contribution in [0, 0.1) is 5.82 Å². The van der Waals surface area contributed by atoms with E-state index in [0.717, 1.165) is 12.1 Å². The minimum Gasteiger partial charge on any atom is -0.366 e. The molecule has 0 aliphatic rings. The lowest BCUT2D eigenvalue weighted by Gasteiger charge is -2.08. The number of rotatable bonds is 3. The van der Waals surface area contributed by atoms with E-state index < -0.39 is 17.6 Å². The van der Waals surface area contributed by atoms with Gasteiger partial charge in [-0.05, 0) is 36.4 Å². The van der Waals surface area contributed by atoms with Gasteiger partial charge in [0.15, 0.2) is 0 Å². The molecule has 108 valence electrons. The van der Waals surface area contributed by atoms with Crippen molar-refractivity contribution in [2.45, 2.75) is 0 Å². The molecule has 0 unspecified atom stereocenters. The Kier molecular flexibility index (Phi) is 4.45. The lowest BCUT2D eigenvalue weighted by atomic mass is 10.1. The highest BCUT2D eigenvalue weighted by molar-refractivity contribution is 6.35. The van der Waals surface area contributed by atoms with E-state index >= 15 is 0 Å². The molecule has 0 aliphatic heterocycles. The molecule has 0 spiro atoms. The number of nitrogens with one attached hydrogen (secondary N) is 1. The Balaban J connectivity index is 2.27. The zero-order valence-electron chi connectivity index (χ0n) is 10.5. The molecule has 0 radical (unpaired) electrons. The summed E-state index contributed by atoms with van der Waals surface area (Å²) in [5.74, 6) is -1.80. The second kappa shape index (κ2) is 6.11. The SMILES string of the molecule is NC(=O)c1cc(NC(=O)c2ccc(F)cc2Cl)ccc1Cl. The van der Waals surface area contributed by atoms with Crippen LogP contribution < -0.4 is 11.1 Å². The first kappa shape index (κ1) is 15.3. The van der Waals surface area contributed by atoms with E-state index in [-0.39, 0.29) is 21.2 Å². The molecular formula is C14H9Cl2FN2O2. The number of anilines is 1. The average Bonchev–Trinajstić information content (AvgIpc) is 2.40. The van der Waals surface area contributed by atoms with Crippen LogP contribution in [0.3, 0.4) is 0 Å². The number of carbonyl (C=O) groups is 2. The first-order valence-electron chi connectivity index (χ1n) is 5.74. The topological polar surface area (TPSA) is 72.2 Å². The van der Waals surface area contributed by atoms with E-state index in [2.05, 4.69) is 5.32 Å². The maximum Gasteiger partial charge on any atom is 0.257 e. The third-order valence-corrected chi connectivity index (χ3v) is 3.31. The Morgan fingerprint density at radius 2 is 1.71 bits per heavy atom. The molecule has 3 N–H and O–H groups in total. The van der Waals surface area contributed by atoms with Crippen LogP contribution in [0.4, 0.5) is 10.1 Å². The van der Waals surface area contributed by atoms with Gasteiger partial charge in [0.1, 0.15) is 5.82 Å². The van der Waals surface area contributed by atoms with Crippen molar-refractivity contribution in [2.24, 2.45) is 5.73 Å². The second-order valence-corrected chi connectivity index (χ2v) is 4.95. The number of halogens is 3. The quantitative estimate of drug-likeness (QED) is 0.906. The highest BCUT2D eigenvalue weighted by Crippen LogP contribution is 2.22. The molecule has 2 rings (SSSR count). The van der Waals surface area contributed by atoms with Gasteiger partial charge >= 0.3 is 0 Å². The number of hydrogen-bond donors (Lipinski definition) is 2. The summed E-state index contributed by atoms with van der Waals surface area (Å²) in [4.78, 5) is 23.2. The van der Waals surface area contributed by atoms with E-state index in [1.165, 1.54) is 24.3 Å². The molecule has 4 nitrogen and oxygen atoms in total. The number of benzene rings is 2. The van der Waals surface area contributed by atoms with Gasteiger partial charge in [-0.25, -0.2) is 4.39 Å². The van der Waals surface area contributed by atoms with Crippen LogP contribution in [0.25, 0.3) is 0 Å². The third-order valence-electron chi connectivity index (χ3n) is 2.67. The summed E-state index contributed by atoms with van der Waals surface area (Å²) in [5.41, 5.74) is 5.67. The number of primary amides is 1. The molecule has 0 aliphatic carbocycles. The lowest BCUT2D eigenvalue weighted by molar-refractivity contribution is 0.0996. The second-order valence-electron chi connectivity index (χ2n) is 4.14. The van der Waals surface area contributed by atoms with Crippen molar-refractivity contribution in [3.63, 3.8) is 0 Å². The van der Waals surface area contributed by atoms with Crippen LogP contribution in [0.2, 0.25) is 10.0 Å². The average molecular weight is 327 g/mol. The predicted molar refractivity (Wildman–Crippen MR) is 79.3 cm³/mol. The van der Waals surface area contributed by atoms with Gasteiger partial charge in [-0.2, -0.15) is 0 Å². The molecule has 0 bridgehead atoms. The Morgan fingerprint density at radius 3 is 2.33 bits per heavy atom. The van der Waals surface area contributed by atoms with Gasteiger partial charge in [-0.3, -0.25) is 9.59 Å². The van der Waals surface area contributed by atoms with Gasteiger partial charge in [0, 0.05) is 5.69 Å². The molecule has 2 aromatic rings. The predicted octanol–water partition coefficient (Wildman–Crippen LogP) is 3.48. The van der Waals surface area contributed by atoms with Crippen molar-refractivity contribution in [1.29, 1.82) is 0 Å². The molecule has 0 saturated heterocycles. The first-order valence-corrected chi connectivity index (χ1v) is 6.50. The smallest absolute Gasteiger partial charge is 0.257 e. The van der Waals surface area contributed by atoms with Crippen molar-refractivity contribution >= 4 is 40.7 Å². The third kappa shape index (κ3) is 3.51. The number of hydrogen-bond acceptors (Lipinski definition) is 2. The van der Waals surface area contributed by atoms with E-state index in [1.54, 1.807) is 0 Å².